The predicted octanol–water partition coefficient (Wildman–Crippen LogP) is 7.24. The van der Waals surface area contributed by atoms with Gasteiger partial charge in [0, 0.05) is 0 Å². The minimum atomic E-state index is -0.0582. The first-order valence-corrected chi connectivity index (χ1v) is 12.0. The molecule has 8 atom stereocenters. The number of aliphatic hydroxyl groups is 1. The molecule has 3 fully saturated rings. The van der Waals surface area contributed by atoms with E-state index in [1.165, 1.54) is 51.4 Å². The van der Waals surface area contributed by atoms with Gasteiger partial charge in [-0.2, -0.15) is 0 Å². The summed E-state index contributed by atoms with van der Waals surface area (Å²) in [6.07, 6.45) is 16.7. The smallest absolute Gasteiger partial charge is 0.0596 e. The molecule has 0 aliphatic heterocycles. The molecular formula is C26H46O. The minimum Gasteiger partial charge on any atom is -0.393 e. The Labute approximate surface area is 169 Å². The monoisotopic (exact) mass is 374 g/mol. The van der Waals surface area contributed by atoms with E-state index < -0.39 is 0 Å². The first-order valence-electron chi connectivity index (χ1n) is 12.0. The first kappa shape index (κ1) is 21.4. The maximum Gasteiger partial charge on any atom is 0.0596 e. The summed E-state index contributed by atoms with van der Waals surface area (Å²) < 4.78 is 0. The van der Waals surface area contributed by atoms with Gasteiger partial charge in [-0.3, -0.25) is 0 Å². The van der Waals surface area contributed by atoms with Crippen molar-refractivity contribution in [1.82, 2.24) is 0 Å². The molecule has 0 aromatic heterocycles. The topological polar surface area (TPSA) is 20.2 Å². The van der Waals surface area contributed by atoms with E-state index in [9.17, 15) is 5.11 Å². The number of hydrogen-bond acceptors (Lipinski definition) is 1. The summed E-state index contributed by atoms with van der Waals surface area (Å²) in [5, 5.41) is 10.8. The van der Waals surface area contributed by atoms with E-state index in [-0.39, 0.29) is 11.5 Å². The standard InChI is InChI=1S/C26H46O/c1-18(2)19(3)10-11-20(4)23-13-12-21-17-22(14-16-25(21,23)5)26(6)15-8-7-9-24(26)27/h10-11,18-24,27H,7-9,12-17H2,1-6H3/b11-10+. The van der Waals surface area contributed by atoms with Crippen molar-refractivity contribution in [2.45, 2.75) is 105 Å². The van der Waals surface area contributed by atoms with Gasteiger partial charge in [0.1, 0.15) is 0 Å². The molecule has 0 spiro atoms. The lowest BCUT2D eigenvalue weighted by Crippen LogP contribution is -2.47. The summed E-state index contributed by atoms with van der Waals surface area (Å²) in [5.41, 5.74) is 0.715. The van der Waals surface area contributed by atoms with Crippen molar-refractivity contribution in [3.8, 4) is 0 Å². The first-order chi connectivity index (χ1) is 12.7. The quantitative estimate of drug-likeness (QED) is 0.503. The molecule has 1 heteroatoms. The van der Waals surface area contributed by atoms with Crippen molar-refractivity contribution >= 4 is 0 Å². The molecule has 3 rings (SSSR count). The number of rotatable bonds is 5. The summed E-state index contributed by atoms with van der Waals surface area (Å²) in [6.45, 7) is 14.5. The minimum absolute atomic E-state index is 0.0582. The molecule has 156 valence electrons. The van der Waals surface area contributed by atoms with Crippen LogP contribution in [0.15, 0.2) is 12.2 Å². The SMILES string of the molecule is CC(C)C(C)/C=C/C(C)C1CCC2CC(C3(C)CCCCC3O)CCC21C. The number of fused-ring (bicyclic) bond motifs is 1. The van der Waals surface area contributed by atoms with Gasteiger partial charge < -0.3 is 5.11 Å². The Hall–Kier alpha value is -0.300. The van der Waals surface area contributed by atoms with Crippen LogP contribution in [0.25, 0.3) is 0 Å². The molecule has 3 aliphatic carbocycles. The van der Waals surface area contributed by atoms with E-state index in [1.54, 1.807) is 0 Å². The highest BCUT2D eigenvalue weighted by Crippen LogP contribution is 2.62. The third kappa shape index (κ3) is 4.05. The van der Waals surface area contributed by atoms with Crippen LogP contribution in [0.1, 0.15) is 99.3 Å². The lowest BCUT2D eigenvalue weighted by atomic mass is 9.54. The van der Waals surface area contributed by atoms with Gasteiger partial charge >= 0.3 is 0 Å². The fraction of sp³-hybridized carbons (Fsp3) is 0.923. The third-order valence-corrected chi connectivity index (χ3v) is 9.75. The van der Waals surface area contributed by atoms with Crippen LogP contribution in [0.5, 0.6) is 0 Å². The zero-order valence-corrected chi connectivity index (χ0v) is 19.0. The number of hydrogen-bond donors (Lipinski definition) is 1. The molecule has 8 unspecified atom stereocenters. The second-order valence-corrected chi connectivity index (χ2v) is 11.5. The average molecular weight is 375 g/mol. The summed E-state index contributed by atoms with van der Waals surface area (Å²) in [6, 6.07) is 0. The maximum atomic E-state index is 10.8. The molecule has 0 radical (unpaired) electrons. The highest BCUT2D eigenvalue weighted by atomic mass is 16.3. The van der Waals surface area contributed by atoms with E-state index in [4.69, 9.17) is 0 Å². The normalized spacial score (nSPS) is 45.2. The molecule has 0 heterocycles. The van der Waals surface area contributed by atoms with E-state index >= 15 is 0 Å². The van der Waals surface area contributed by atoms with Crippen LogP contribution in [0.4, 0.5) is 0 Å². The van der Waals surface area contributed by atoms with Crippen molar-refractivity contribution in [3.05, 3.63) is 12.2 Å². The molecular weight excluding hydrogens is 328 g/mol. The van der Waals surface area contributed by atoms with Gasteiger partial charge in [0.15, 0.2) is 0 Å². The van der Waals surface area contributed by atoms with Crippen LogP contribution < -0.4 is 0 Å². The molecule has 0 aromatic carbocycles. The van der Waals surface area contributed by atoms with Gasteiger partial charge in [0.05, 0.1) is 6.10 Å². The van der Waals surface area contributed by atoms with Gasteiger partial charge in [-0.05, 0) is 91.3 Å². The third-order valence-electron chi connectivity index (χ3n) is 9.75. The van der Waals surface area contributed by atoms with Gasteiger partial charge in [-0.1, -0.05) is 66.5 Å². The Morgan fingerprint density at radius 2 is 1.52 bits per heavy atom. The van der Waals surface area contributed by atoms with Gasteiger partial charge in [0.2, 0.25) is 0 Å². The molecule has 0 aromatic rings. The van der Waals surface area contributed by atoms with Gasteiger partial charge in [-0.25, -0.2) is 0 Å². The van der Waals surface area contributed by atoms with Gasteiger partial charge in [-0.15, -0.1) is 0 Å². The maximum absolute atomic E-state index is 10.8. The summed E-state index contributed by atoms with van der Waals surface area (Å²) in [5.74, 6) is 4.60. The zero-order valence-electron chi connectivity index (χ0n) is 19.0. The summed E-state index contributed by atoms with van der Waals surface area (Å²) >= 11 is 0. The van der Waals surface area contributed by atoms with Crippen LogP contribution in [-0.4, -0.2) is 11.2 Å². The molecule has 1 N–H and O–H groups in total. The average Bonchev–Trinajstić information content (AvgIpc) is 2.98. The Kier molecular flexibility index (Phi) is 6.51. The summed E-state index contributed by atoms with van der Waals surface area (Å²) in [4.78, 5) is 0. The lowest BCUT2D eigenvalue weighted by molar-refractivity contribution is -0.0769. The highest BCUT2D eigenvalue weighted by Gasteiger charge is 2.54. The van der Waals surface area contributed by atoms with E-state index in [0.29, 0.717) is 17.3 Å². The van der Waals surface area contributed by atoms with Crippen LogP contribution in [0, 0.1) is 46.3 Å². The van der Waals surface area contributed by atoms with E-state index in [0.717, 1.165) is 30.1 Å². The highest BCUT2D eigenvalue weighted by molar-refractivity contribution is 5.07. The second-order valence-electron chi connectivity index (χ2n) is 11.5. The molecule has 3 saturated carbocycles. The van der Waals surface area contributed by atoms with Crippen molar-refractivity contribution in [2.24, 2.45) is 46.3 Å². The van der Waals surface area contributed by atoms with Crippen molar-refractivity contribution in [3.63, 3.8) is 0 Å². The largest absolute Gasteiger partial charge is 0.393 e. The fourth-order valence-corrected chi connectivity index (χ4v) is 7.05. The van der Waals surface area contributed by atoms with Crippen LogP contribution in [0.3, 0.4) is 0 Å². The summed E-state index contributed by atoms with van der Waals surface area (Å²) in [7, 11) is 0. The van der Waals surface area contributed by atoms with E-state index in [1.807, 2.05) is 0 Å². The van der Waals surface area contributed by atoms with Crippen molar-refractivity contribution in [1.29, 1.82) is 0 Å². The van der Waals surface area contributed by atoms with Crippen LogP contribution >= 0.6 is 0 Å². The molecule has 3 aliphatic rings. The fourth-order valence-electron chi connectivity index (χ4n) is 7.05. The zero-order chi connectivity index (χ0) is 19.8. The van der Waals surface area contributed by atoms with E-state index in [2.05, 4.69) is 53.7 Å². The molecule has 0 bridgehead atoms. The number of aliphatic hydroxyl groups excluding tert-OH is 1. The Balaban J connectivity index is 1.67. The van der Waals surface area contributed by atoms with Crippen molar-refractivity contribution < 1.29 is 5.11 Å². The van der Waals surface area contributed by atoms with Crippen LogP contribution in [0.2, 0.25) is 0 Å². The second kappa shape index (κ2) is 8.21. The van der Waals surface area contributed by atoms with Gasteiger partial charge in [0.25, 0.3) is 0 Å². The molecule has 1 nitrogen and oxygen atoms in total. The lowest BCUT2D eigenvalue weighted by Gasteiger charge is -2.52. The number of allylic oxidation sites excluding steroid dienone is 2. The molecule has 27 heavy (non-hydrogen) atoms. The predicted molar refractivity (Wildman–Crippen MR) is 117 cm³/mol. The Morgan fingerprint density at radius 3 is 2.19 bits per heavy atom. The molecule has 0 amide bonds. The molecule has 0 saturated heterocycles. The Bertz CT molecular complexity index is 522. The Morgan fingerprint density at radius 1 is 0.815 bits per heavy atom. The van der Waals surface area contributed by atoms with Crippen molar-refractivity contribution in [2.75, 3.05) is 0 Å². The van der Waals surface area contributed by atoms with Crippen LogP contribution in [-0.2, 0) is 0 Å².